The van der Waals surface area contributed by atoms with Crippen LogP contribution in [0, 0.1) is 0 Å². The van der Waals surface area contributed by atoms with Gasteiger partial charge < -0.3 is 37.0 Å². The molecule has 0 aromatic rings. The minimum atomic E-state index is -3.01. The van der Waals surface area contributed by atoms with Crippen molar-refractivity contribution in [3.63, 3.8) is 0 Å². The molecule has 6 bridgehead atoms. The van der Waals surface area contributed by atoms with Crippen LogP contribution < -0.4 is 0 Å². The summed E-state index contributed by atoms with van der Waals surface area (Å²) in [6, 6.07) is 0. The van der Waals surface area contributed by atoms with Crippen LogP contribution in [0.15, 0.2) is 0 Å². The molecule has 15 heteroatoms. The summed E-state index contributed by atoms with van der Waals surface area (Å²) in [5.41, 5.74) is 0. The van der Waals surface area contributed by atoms with Crippen LogP contribution in [0.4, 0.5) is 0 Å². The molecular formula is C6H18O9Si6. The molecule has 5 aliphatic heterocycles. The maximum atomic E-state index is 6.18. The van der Waals surface area contributed by atoms with Gasteiger partial charge in [-0.3, -0.25) is 0 Å². The van der Waals surface area contributed by atoms with Crippen molar-refractivity contribution in [3.8, 4) is 0 Å². The molecule has 9 nitrogen and oxygen atoms in total. The summed E-state index contributed by atoms with van der Waals surface area (Å²) < 4.78 is 54.8. The van der Waals surface area contributed by atoms with Gasteiger partial charge in [0.05, 0.1) is 0 Å². The van der Waals surface area contributed by atoms with E-state index >= 15 is 0 Å². The highest BCUT2D eigenvalue weighted by Crippen LogP contribution is 2.47. The monoisotopic (exact) mass is 402 g/mol. The Bertz CT molecular complexity index is 390. The number of hydrogen-bond acceptors (Lipinski definition) is 9. The molecule has 0 atom stereocenters. The highest BCUT2D eigenvalue weighted by Gasteiger charge is 2.77. The maximum absolute atomic E-state index is 6.18. The van der Waals surface area contributed by atoms with Crippen molar-refractivity contribution in [2.45, 2.75) is 39.3 Å². The van der Waals surface area contributed by atoms with Gasteiger partial charge in [0.2, 0.25) is 0 Å². The fraction of sp³-hybridized carbons (Fsp3) is 1.00. The van der Waals surface area contributed by atoms with E-state index in [1.165, 1.54) is 0 Å². The first-order valence-corrected chi connectivity index (χ1v) is 20.0. The van der Waals surface area contributed by atoms with E-state index < -0.39 is 52.8 Å². The Morgan fingerprint density at radius 1 is 0.286 bits per heavy atom. The summed E-state index contributed by atoms with van der Waals surface area (Å²) in [6.07, 6.45) is 0. The molecule has 0 spiro atoms. The normalized spacial score (nSPS) is 66.0. The SMILES string of the molecule is C[Si]12O[Si]3(C)O[Si](C)(O1)O[Si]1(C)O[Si](C)(O[Si](C)(O1)O3)O2. The van der Waals surface area contributed by atoms with Crippen LogP contribution in [0.3, 0.4) is 0 Å². The van der Waals surface area contributed by atoms with Gasteiger partial charge in [-0.1, -0.05) is 0 Å². The van der Waals surface area contributed by atoms with Crippen molar-refractivity contribution in [1.82, 2.24) is 0 Å². The Morgan fingerprint density at radius 3 is 0.476 bits per heavy atom. The molecule has 0 amide bonds. The molecule has 0 aliphatic carbocycles. The summed E-state index contributed by atoms with van der Waals surface area (Å²) in [5, 5.41) is 0. The van der Waals surface area contributed by atoms with Gasteiger partial charge in [-0.15, -0.1) is 0 Å². The van der Waals surface area contributed by atoms with E-state index in [0.717, 1.165) is 0 Å². The minimum absolute atomic E-state index is 1.81. The summed E-state index contributed by atoms with van der Waals surface area (Å²) in [4.78, 5) is 0. The smallest absolute Gasteiger partial charge is 0.374 e. The van der Waals surface area contributed by atoms with Crippen molar-refractivity contribution >= 4 is 52.8 Å². The molecule has 5 fully saturated rings. The van der Waals surface area contributed by atoms with Crippen LogP contribution >= 0.6 is 0 Å². The van der Waals surface area contributed by atoms with Crippen LogP contribution in [-0.4, -0.2) is 52.8 Å². The van der Waals surface area contributed by atoms with Gasteiger partial charge in [-0.25, -0.2) is 0 Å². The largest absolute Gasteiger partial charge is 0.475 e. The zero-order valence-corrected chi connectivity index (χ0v) is 18.7. The van der Waals surface area contributed by atoms with Crippen molar-refractivity contribution in [2.75, 3.05) is 0 Å². The minimum Gasteiger partial charge on any atom is -0.374 e. The van der Waals surface area contributed by atoms with Gasteiger partial charge in [0, 0.05) is 39.3 Å². The Morgan fingerprint density at radius 2 is 0.381 bits per heavy atom. The lowest BCUT2D eigenvalue weighted by molar-refractivity contribution is -0.0189. The molecule has 0 aromatic carbocycles. The molecule has 5 saturated heterocycles. The molecule has 5 rings (SSSR count). The van der Waals surface area contributed by atoms with Crippen molar-refractivity contribution in [1.29, 1.82) is 0 Å². The zero-order chi connectivity index (χ0) is 15.4. The first-order chi connectivity index (χ1) is 9.36. The van der Waals surface area contributed by atoms with E-state index in [9.17, 15) is 0 Å². The molecule has 120 valence electrons. The van der Waals surface area contributed by atoms with Crippen molar-refractivity contribution in [2.24, 2.45) is 0 Å². The average Bonchev–Trinajstić information content (AvgIpc) is 2.00. The molecule has 0 saturated carbocycles. The average molecular weight is 403 g/mol. The summed E-state index contributed by atoms with van der Waals surface area (Å²) in [7, 11) is -18.0. The first-order valence-electron chi connectivity index (χ1n) is 6.67. The van der Waals surface area contributed by atoms with Crippen LogP contribution in [0.2, 0.25) is 39.3 Å². The third-order valence-corrected chi connectivity index (χ3v) is 30.0. The quantitative estimate of drug-likeness (QED) is 0.541. The Kier molecular flexibility index (Phi) is 2.91. The molecule has 5 aliphatic rings. The highest BCUT2D eigenvalue weighted by atomic mass is 28.6. The van der Waals surface area contributed by atoms with Crippen LogP contribution in [0.1, 0.15) is 0 Å². The predicted molar refractivity (Wildman–Crippen MR) is 79.5 cm³/mol. The van der Waals surface area contributed by atoms with Gasteiger partial charge in [0.15, 0.2) is 0 Å². The van der Waals surface area contributed by atoms with Crippen LogP contribution in [-0.2, 0) is 37.0 Å². The molecular weight excluding hydrogens is 385 g/mol. The second kappa shape index (κ2) is 3.95. The molecule has 21 heavy (non-hydrogen) atoms. The summed E-state index contributed by atoms with van der Waals surface area (Å²) in [6.45, 7) is 10.9. The number of hydrogen-bond donors (Lipinski definition) is 0. The third kappa shape index (κ3) is 2.49. The van der Waals surface area contributed by atoms with Crippen molar-refractivity contribution in [3.05, 3.63) is 0 Å². The maximum Gasteiger partial charge on any atom is 0.475 e. The Labute approximate surface area is 129 Å². The molecule has 0 unspecified atom stereocenters. The highest BCUT2D eigenvalue weighted by molar-refractivity contribution is 7.01. The van der Waals surface area contributed by atoms with Gasteiger partial charge >= 0.3 is 52.8 Å². The lowest BCUT2D eigenvalue weighted by atomic mass is 11.9. The summed E-state index contributed by atoms with van der Waals surface area (Å²) in [5.74, 6) is 0. The third-order valence-electron chi connectivity index (χ3n) is 3.34. The van der Waals surface area contributed by atoms with Gasteiger partial charge in [0.1, 0.15) is 0 Å². The van der Waals surface area contributed by atoms with Crippen LogP contribution in [0.5, 0.6) is 0 Å². The van der Waals surface area contributed by atoms with E-state index in [0.29, 0.717) is 0 Å². The second-order valence-corrected chi connectivity index (χ2v) is 23.8. The first kappa shape index (κ1) is 15.5. The van der Waals surface area contributed by atoms with Crippen molar-refractivity contribution < 1.29 is 37.0 Å². The molecule has 0 N–H and O–H groups in total. The van der Waals surface area contributed by atoms with Gasteiger partial charge in [0.25, 0.3) is 0 Å². The topological polar surface area (TPSA) is 83.1 Å². The van der Waals surface area contributed by atoms with E-state index in [1.54, 1.807) is 0 Å². The van der Waals surface area contributed by atoms with E-state index in [-0.39, 0.29) is 0 Å². The van der Waals surface area contributed by atoms with Gasteiger partial charge in [-0.2, -0.15) is 0 Å². The lowest BCUT2D eigenvalue weighted by Crippen LogP contribution is -2.86. The molecule has 0 aromatic heterocycles. The zero-order valence-electron chi connectivity index (χ0n) is 12.7. The van der Waals surface area contributed by atoms with Gasteiger partial charge in [-0.05, 0) is 0 Å². The second-order valence-electron chi connectivity index (χ2n) is 6.09. The Hall–Kier alpha value is 0.941. The fourth-order valence-corrected chi connectivity index (χ4v) is 37.4. The van der Waals surface area contributed by atoms with Crippen LogP contribution in [0.25, 0.3) is 0 Å². The lowest BCUT2D eigenvalue weighted by Gasteiger charge is -2.60. The van der Waals surface area contributed by atoms with E-state index in [1.807, 2.05) is 39.3 Å². The summed E-state index contributed by atoms with van der Waals surface area (Å²) >= 11 is 0. The standard InChI is InChI=1S/C6H18O9Si6/c1-16-7-17(2)9-18(3,8-16)15-21(6)11-19(4,13-16)10-20(5,12-21)14-17/h1-6H3. The Balaban J connectivity index is 1.91. The molecule has 5 heterocycles. The van der Waals surface area contributed by atoms with E-state index in [4.69, 9.17) is 37.0 Å². The fourth-order valence-electron chi connectivity index (χ4n) is 3.41. The molecule has 0 radical (unpaired) electrons. The predicted octanol–water partition coefficient (Wildman–Crippen LogP) is 0.602. The van der Waals surface area contributed by atoms with E-state index in [2.05, 4.69) is 0 Å². The number of rotatable bonds is 0.